The number of carbonyl (C=O) groups excluding carboxylic acids is 1. The summed E-state index contributed by atoms with van der Waals surface area (Å²) < 4.78 is 43.6. The van der Waals surface area contributed by atoms with Gasteiger partial charge in [0.2, 0.25) is 5.91 Å². The molecule has 0 atom stereocenters. The highest BCUT2D eigenvalue weighted by Crippen LogP contribution is 2.40. The van der Waals surface area contributed by atoms with Gasteiger partial charge in [0.05, 0.1) is 12.0 Å². The molecular weight excluding hydrogens is 327 g/mol. The summed E-state index contributed by atoms with van der Waals surface area (Å²) in [5.41, 5.74) is -1.75. The summed E-state index contributed by atoms with van der Waals surface area (Å²) in [5.74, 6) is -1.15. The van der Waals surface area contributed by atoms with E-state index in [0.29, 0.717) is 17.9 Å². The maximum Gasteiger partial charge on any atom is 0.394 e. The second-order valence-electron chi connectivity index (χ2n) is 5.98. The van der Waals surface area contributed by atoms with E-state index in [2.05, 4.69) is 5.32 Å². The number of hydrogen-bond donors (Lipinski definition) is 2. The highest BCUT2D eigenvalue weighted by Gasteiger charge is 2.48. The Balaban J connectivity index is 2.49. The SMILES string of the molecule is CC(C)(CC(=O)Nc1ccc(OCCCC(=O)O)cc1)C(F)(F)F. The van der Waals surface area contributed by atoms with Crippen LogP contribution >= 0.6 is 0 Å². The lowest BCUT2D eigenvalue weighted by Crippen LogP contribution is -2.35. The van der Waals surface area contributed by atoms with Crippen LogP contribution in [0.4, 0.5) is 18.9 Å². The van der Waals surface area contributed by atoms with Gasteiger partial charge >= 0.3 is 12.1 Å². The number of carboxylic acid groups (broad SMARTS) is 1. The number of alkyl halides is 3. The minimum absolute atomic E-state index is 0.00311. The summed E-state index contributed by atoms with van der Waals surface area (Å²) in [6.07, 6.45) is -4.77. The fourth-order valence-electron chi connectivity index (χ4n) is 1.75. The molecule has 0 heterocycles. The lowest BCUT2D eigenvalue weighted by atomic mass is 9.88. The Labute approximate surface area is 137 Å². The zero-order valence-corrected chi connectivity index (χ0v) is 13.4. The van der Waals surface area contributed by atoms with Crippen LogP contribution in [0.2, 0.25) is 0 Å². The zero-order valence-electron chi connectivity index (χ0n) is 13.4. The fourth-order valence-corrected chi connectivity index (χ4v) is 1.75. The summed E-state index contributed by atoms with van der Waals surface area (Å²) >= 11 is 0. The van der Waals surface area contributed by atoms with Crippen LogP contribution < -0.4 is 10.1 Å². The normalized spacial score (nSPS) is 11.9. The van der Waals surface area contributed by atoms with Crippen molar-refractivity contribution in [3.63, 3.8) is 0 Å². The number of rotatable bonds is 8. The average molecular weight is 347 g/mol. The molecule has 1 aromatic rings. The smallest absolute Gasteiger partial charge is 0.394 e. The van der Waals surface area contributed by atoms with Gasteiger partial charge in [0.25, 0.3) is 0 Å². The maximum atomic E-state index is 12.7. The number of anilines is 1. The van der Waals surface area contributed by atoms with Gasteiger partial charge in [-0.2, -0.15) is 13.2 Å². The lowest BCUT2D eigenvalue weighted by molar-refractivity contribution is -0.213. The van der Waals surface area contributed by atoms with Crippen LogP contribution in [0.5, 0.6) is 5.75 Å². The number of amides is 1. The molecule has 0 aliphatic carbocycles. The van der Waals surface area contributed by atoms with E-state index in [9.17, 15) is 22.8 Å². The Hall–Kier alpha value is -2.25. The number of benzene rings is 1. The third kappa shape index (κ3) is 6.47. The minimum atomic E-state index is -4.46. The highest BCUT2D eigenvalue weighted by atomic mass is 19.4. The first kappa shape index (κ1) is 19.8. The number of nitrogens with one attached hydrogen (secondary N) is 1. The number of ether oxygens (including phenoxy) is 1. The number of halogens is 3. The Morgan fingerprint density at radius 3 is 2.25 bits per heavy atom. The van der Waals surface area contributed by atoms with Gasteiger partial charge in [0.15, 0.2) is 0 Å². The highest BCUT2D eigenvalue weighted by molar-refractivity contribution is 5.91. The fraction of sp³-hybridized carbons (Fsp3) is 0.500. The molecule has 0 aromatic heterocycles. The van der Waals surface area contributed by atoms with E-state index in [4.69, 9.17) is 9.84 Å². The predicted octanol–water partition coefficient (Wildman–Crippen LogP) is 3.85. The van der Waals surface area contributed by atoms with Gasteiger partial charge < -0.3 is 15.2 Å². The number of carbonyl (C=O) groups is 2. The molecule has 0 aliphatic rings. The Bertz CT molecular complexity index is 568. The van der Waals surface area contributed by atoms with Gasteiger partial charge in [-0.25, -0.2) is 0 Å². The molecule has 0 bridgehead atoms. The molecule has 0 saturated heterocycles. The summed E-state index contributed by atoms with van der Waals surface area (Å²) in [4.78, 5) is 22.1. The van der Waals surface area contributed by atoms with Crippen LogP contribution in [-0.2, 0) is 9.59 Å². The molecule has 2 N–H and O–H groups in total. The third-order valence-electron chi connectivity index (χ3n) is 3.31. The van der Waals surface area contributed by atoms with Crippen LogP contribution in [0, 0.1) is 5.41 Å². The van der Waals surface area contributed by atoms with Gasteiger partial charge in [0.1, 0.15) is 5.75 Å². The molecule has 0 spiro atoms. The van der Waals surface area contributed by atoms with Gasteiger partial charge in [-0.05, 0) is 30.7 Å². The molecule has 0 saturated carbocycles. The van der Waals surface area contributed by atoms with Crippen molar-refractivity contribution >= 4 is 17.6 Å². The molecule has 134 valence electrons. The molecule has 24 heavy (non-hydrogen) atoms. The summed E-state index contributed by atoms with van der Waals surface area (Å²) in [5, 5.41) is 10.9. The van der Waals surface area contributed by atoms with Gasteiger partial charge in [0, 0.05) is 18.5 Å². The van der Waals surface area contributed by atoms with Crippen LogP contribution in [0.3, 0.4) is 0 Å². The average Bonchev–Trinajstić information content (AvgIpc) is 2.43. The second-order valence-corrected chi connectivity index (χ2v) is 5.98. The molecule has 0 aliphatic heterocycles. The van der Waals surface area contributed by atoms with Crippen molar-refractivity contribution in [3.05, 3.63) is 24.3 Å². The molecule has 0 fully saturated rings. The molecule has 1 rings (SSSR count). The number of carboxylic acids is 1. The van der Waals surface area contributed by atoms with Gasteiger partial charge in [-0.15, -0.1) is 0 Å². The van der Waals surface area contributed by atoms with Crippen LogP contribution in [-0.4, -0.2) is 29.8 Å². The predicted molar refractivity (Wildman–Crippen MR) is 81.9 cm³/mol. The van der Waals surface area contributed by atoms with E-state index < -0.39 is 29.9 Å². The quantitative estimate of drug-likeness (QED) is 0.701. The Morgan fingerprint density at radius 1 is 1.17 bits per heavy atom. The van der Waals surface area contributed by atoms with Crippen LogP contribution in [0.25, 0.3) is 0 Å². The van der Waals surface area contributed by atoms with Crippen molar-refractivity contribution in [2.24, 2.45) is 5.41 Å². The van der Waals surface area contributed by atoms with Crippen LogP contribution in [0.15, 0.2) is 24.3 Å². The summed E-state index contributed by atoms with van der Waals surface area (Å²) in [6, 6.07) is 6.10. The third-order valence-corrected chi connectivity index (χ3v) is 3.31. The summed E-state index contributed by atoms with van der Waals surface area (Å²) in [6.45, 7) is 2.18. The Kier molecular flexibility index (Phi) is 6.62. The van der Waals surface area contributed by atoms with Crippen molar-refractivity contribution in [1.29, 1.82) is 0 Å². The topological polar surface area (TPSA) is 75.6 Å². The molecule has 0 unspecified atom stereocenters. The largest absolute Gasteiger partial charge is 0.494 e. The first-order valence-electron chi connectivity index (χ1n) is 7.32. The van der Waals surface area contributed by atoms with E-state index in [1.54, 1.807) is 12.1 Å². The van der Waals surface area contributed by atoms with E-state index in [1.807, 2.05) is 0 Å². The minimum Gasteiger partial charge on any atom is -0.494 e. The summed E-state index contributed by atoms with van der Waals surface area (Å²) in [7, 11) is 0. The standard InChI is InChI=1S/C16H20F3NO4/c1-15(2,16(17,18)19)10-13(21)20-11-5-7-12(8-6-11)24-9-3-4-14(22)23/h5-8H,3-4,9-10H2,1-2H3,(H,20,21)(H,22,23). The number of hydrogen-bond acceptors (Lipinski definition) is 3. The molecule has 1 aromatic carbocycles. The monoisotopic (exact) mass is 347 g/mol. The molecule has 5 nitrogen and oxygen atoms in total. The van der Waals surface area contributed by atoms with Crippen LogP contribution in [0.1, 0.15) is 33.1 Å². The van der Waals surface area contributed by atoms with E-state index in [0.717, 1.165) is 13.8 Å². The molecule has 0 radical (unpaired) electrons. The van der Waals surface area contributed by atoms with Gasteiger partial charge in [-0.3, -0.25) is 9.59 Å². The molecule has 1 amide bonds. The molecule has 8 heteroatoms. The van der Waals surface area contributed by atoms with E-state index in [-0.39, 0.29) is 13.0 Å². The van der Waals surface area contributed by atoms with Crippen molar-refractivity contribution in [1.82, 2.24) is 0 Å². The zero-order chi connectivity index (χ0) is 18.4. The Morgan fingerprint density at radius 2 is 1.75 bits per heavy atom. The second kappa shape index (κ2) is 8.03. The van der Waals surface area contributed by atoms with Crippen molar-refractivity contribution in [2.75, 3.05) is 11.9 Å². The van der Waals surface area contributed by atoms with E-state index >= 15 is 0 Å². The first-order chi connectivity index (χ1) is 11.0. The van der Waals surface area contributed by atoms with Crippen molar-refractivity contribution < 1.29 is 32.6 Å². The molecular formula is C16H20F3NO4. The lowest BCUT2D eigenvalue weighted by Gasteiger charge is -2.26. The van der Waals surface area contributed by atoms with Crippen molar-refractivity contribution in [3.8, 4) is 5.75 Å². The number of aliphatic carboxylic acids is 1. The van der Waals surface area contributed by atoms with Crippen molar-refractivity contribution in [2.45, 2.75) is 39.3 Å². The maximum absolute atomic E-state index is 12.7. The first-order valence-corrected chi connectivity index (χ1v) is 7.32. The van der Waals surface area contributed by atoms with Gasteiger partial charge in [-0.1, -0.05) is 13.8 Å². The van der Waals surface area contributed by atoms with E-state index in [1.165, 1.54) is 12.1 Å².